The molecule has 0 bridgehead atoms. The van der Waals surface area contributed by atoms with Crippen molar-refractivity contribution in [2.75, 3.05) is 0 Å². The average Bonchev–Trinajstić information content (AvgIpc) is 2.10. The van der Waals surface area contributed by atoms with Crippen LogP contribution >= 0.6 is 11.8 Å². The van der Waals surface area contributed by atoms with Crippen molar-refractivity contribution >= 4 is 11.8 Å². The molecule has 0 heterocycles. The first-order chi connectivity index (χ1) is 7.69. The molecule has 0 N–H and O–H groups in total. The summed E-state index contributed by atoms with van der Waals surface area (Å²) < 4.78 is 88.6. The Morgan fingerprint density at radius 2 is 1.65 bits per heavy atom. The minimum atomic E-state index is -4.82. The molecular formula is C8H3F7OS. The van der Waals surface area contributed by atoms with Gasteiger partial charge in [-0.2, -0.15) is 22.0 Å². The van der Waals surface area contributed by atoms with Gasteiger partial charge in [-0.25, -0.2) is 8.78 Å². The van der Waals surface area contributed by atoms with E-state index in [1.165, 1.54) is 0 Å². The quantitative estimate of drug-likeness (QED) is 0.607. The molecular weight excluding hydrogens is 277 g/mol. The van der Waals surface area contributed by atoms with Gasteiger partial charge in [-0.3, -0.25) is 0 Å². The number of hydrogen-bond donors (Lipinski definition) is 0. The number of alkyl halides is 5. The second-order valence-electron chi connectivity index (χ2n) is 2.64. The van der Waals surface area contributed by atoms with Crippen LogP contribution in [0.3, 0.4) is 0 Å². The third kappa shape index (κ3) is 4.33. The van der Waals surface area contributed by atoms with E-state index in [1.54, 1.807) is 0 Å². The fraction of sp³-hybridized carbons (Fsp3) is 0.250. The third-order valence-electron chi connectivity index (χ3n) is 1.43. The fourth-order valence-corrected chi connectivity index (χ4v) is 1.47. The summed E-state index contributed by atoms with van der Waals surface area (Å²) in [6.45, 7) is -3.42. The Morgan fingerprint density at radius 1 is 1.06 bits per heavy atom. The Bertz CT molecular complexity index is 404. The maximum Gasteiger partial charge on any atom is 0.446 e. The van der Waals surface area contributed by atoms with E-state index < -0.39 is 46.2 Å². The topological polar surface area (TPSA) is 9.23 Å². The molecule has 9 heteroatoms. The van der Waals surface area contributed by atoms with E-state index >= 15 is 0 Å². The summed E-state index contributed by atoms with van der Waals surface area (Å²) in [5.74, 6) is -4.16. The first kappa shape index (κ1) is 13.9. The van der Waals surface area contributed by atoms with Crippen LogP contribution in [0.5, 0.6) is 5.75 Å². The standard InChI is InChI=1S/C8H3F7OS/c9-3-1-4(10)6(17-8(13,14)15)2-5(3)16-7(11)12/h1-2,7H. The predicted molar refractivity (Wildman–Crippen MR) is 44.9 cm³/mol. The SMILES string of the molecule is Fc1cc(F)c(SC(F)(F)F)cc1OC(F)F. The highest BCUT2D eigenvalue weighted by Gasteiger charge is 2.31. The molecule has 0 aromatic heterocycles. The normalized spacial score (nSPS) is 12.0. The van der Waals surface area contributed by atoms with Crippen LogP contribution in [0.1, 0.15) is 0 Å². The number of halogens is 7. The van der Waals surface area contributed by atoms with Crippen LogP contribution in [0.15, 0.2) is 17.0 Å². The summed E-state index contributed by atoms with van der Waals surface area (Å²) in [4.78, 5) is -1.05. The Kier molecular flexibility index (Phi) is 4.12. The first-order valence-corrected chi connectivity index (χ1v) is 4.70. The zero-order chi connectivity index (χ0) is 13.2. The van der Waals surface area contributed by atoms with Crippen molar-refractivity contribution in [3.05, 3.63) is 23.8 Å². The van der Waals surface area contributed by atoms with E-state index in [1.807, 2.05) is 0 Å². The van der Waals surface area contributed by atoms with Crippen molar-refractivity contribution in [1.29, 1.82) is 0 Å². The summed E-state index contributed by atoms with van der Waals surface area (Å²) in [6, 6.07) is 0.279. The van der Waals surface area contributed by atoms with Gasteiger partial charge in [-0.1, -0.05) is 0 Å². The first-order valence-electron chi connectivity index (χ1n) is 3.88. The molecule has 0 radical (unpaired) electrons. The fourth-order valence-electron chi connectivity index (χ4n) is 0.900. The second kappa shape index (κ2) is 5.03. The molecule has 0 unspecified atom stereocenters. The van der Waals surface area contributed by atoms with Crippen LogP contribution in [0.2, 0.25) is 0 Å². The average molecular weight is 280 g/mol. The lowest BCUT2D eigenvalue weighted by molar-refractivity contribution is -0.0524. The summed E-state index contributed by atoms with van der Waals surface area (Å²) in [5.41, 5.74) is -4.82. The van der Waals surface area contributed by atoms with E-state index in [0.717, 1.165) is 0 Å². The van der Waals surface area contributed by atoms with Crippen LogP contribution in [-0.2, 0) is 0 Å². The van der Waals surface area contributed by atoms with Gasteiger partial charge in [0.1, 0.15) is 5.82 Å². The lowest BCUT2D eigenvalue weighted by Gasteiger charge is -2.10. The van der Waals surface area contributed by atoms with Crippen LogP contribution in [0, 0.1) is 11.6 Å². The van der Waals surface area contributed by atoms with Crippen LogP contribution in [0.4, 0.5) is 30.7 Å². The largest absolute Gasteiger partial charge is 0.446 e. The predicted octanol–water partition coefficient (Wildman–Crippen LogP) is 4.18. The monoisotopic (exact) mass is 280 g/mol. The smallest absolute Gasteiger partial charge is 0.432 e. The Morgan fingerprint density at radius 3 is 2.12 bits per heavy atom. The Labute approximate surface area is 94.6 Å². The van der Waals surface area contributed by atoms with Crippen LogP contribution in [-0.4, -0.2) is 12.1 Å². The van der Waals surface area contributed by atoms with Gasteiger partial charge >= 0.3 is 12.1 Å². The molecule has 0 amide bonds. The van der Waals surface area contributed by atoms with Gasteiger partial charge in [0.2, 0.25) is 0 Å². The molecule has 17 heavy (non-hydrogen) atoms. The number of hydrogen-bond acceptors (Lipinski definition) is 2. The van der Waals surface area contributed by atoms with Gasteiger partial charge in [-0.05, 0) is 11.8 Å². The van der Waals surface area contributed by atoms with Gasteiger partial charge in [0, 0.05) is 12.1 Å². The molecule has 96 valence electrons. The Hall–Kier alpha value is -1.12. The summed E-state index contributed by atoms with van der Waals surface area (Å²) in [6.07, 6.45) is 0. The van der Waals surface area contributed by atoms with Crippen molar-refractivity contribution in [2.24, 2.45) is 0 Å². The molecule has 0 saturated heterocycles. The molecule has 0 saturated carbocycles. The molecule has 1 rings (SSSR count). The van der Waals surface area contributed by atoms with Gasteiger partial charge in [0.25, 0.3) is 0 Å². The highest BCUT2D eigenvalue weighted by atomic mass is 32.2. The van der Waals surface area contributed by atoms with E-state index in [2.05, 4.69) is 4.74 Å². The molecule has 1 aromatic rings. The van der Waals surface area contributed by atoms with Crippen molar-refractivity contribution in [2.45, 2.75) is 17.0 Å². The summed E-state index contributed by atoms with van der Waals surface area (Å²) in [7, 11) is 0. The maximum atomic E-state index is 12.9. The van der Waals surface area contributed by atoms with Gasteiger partial charge in [-0.15, -0.1) is 0 Å². The van der Waals surface area contributed by atoms with Gasteiger partial charge in [0.05, 0.1) is 4.90 Å². The van der Waals surface area contributed by atoms with E-state index in [-0.39, 0.29) is 12.1 Å². The number of thioether (sulfide) groups is 1. The summed E-state index contributed by atoms with van der Waals surface area (Å²) in [5, 5.41) is 0. The van der Waals surface area contributed by atoms with Crippen molar-refractivity contribution < 1.29 is 35.5 Å². The third-order valence-corrected chi connectivity index (χ3v) is 2.19. The lowest BCUT2D eigenvalue weighted by atomic mass is 10.3. The Balaban J connectivity index is 3.06. The van der Waals surface area contributed by atoms with E-state index in [0.29, 0.717) is 0 Å². The van der Waals surface area contributed by atoms with Crippen molar-refractivity contribution in [1.82, 2.24) is 0 Å². The highest BCUT2D eigenvalue weighted by Crippen LogP contribution is 2.40. The van der Waals surface area contributed by atoms with Crippen LogP contribution in [0.25, 0.3) is 0 Å². The van der Waals surface area contributed by atoms with Crippen molar-refractivity contribution in [3.8, 4) is 5.75 Å². The molecule has 0 aliphatic heterocycles. The molecule has 0 aliphatic carbocycles. The van der Waals surface area contributed by atoms with E-state index in [4.69, 9.17) is 0 Å². The zero-order valence-electron chi connectivity index (χ0n) is 7.69. The molecule has 0 spiro atoms. The molecule has 0 atom stereocenters. The summed E-state index contributed by atoms with van der Waals surface area (Å²) >= 11 is -0.889. The minimum absolute atomic E-state index is 0.0474. The molecule has 0 fully saturated rings. The van der Waals surface area contributed by atoms with Gasteiger partial charge in [0.15, 0.2) is 11.6 Å². The second-order valence-corrected chi connectivity index (χ2v) is 3.75. The number of benzene rings is 1. The molecule has 0 aliphatic rings. The lowest BCUT2D eigenvalue weighted by Crippen LogP contribution is -2.06. The van der Waals surface area contributed by atoms with Gasteiger partial charge < -0.3 is 4.74 Å². The van der Waals surface area contributed by atoms with E-state index in [9.17, 15) is 30.7 Å². The molecule has 1 nitrogen and oxygen atoms in total. The minimum Gasteiger partial charge on any atom is -0.432 e. The maximum absolute atomic E-state index is 12.9. The van der Waals surface area contributed by atoms with Crippen molar-refractivity contribution in [3.63, 3.8) is 0 Å². The zero-order valence-corrected chi connectivity index (χ0v) is 8.51. The number of rotatable bonds is 3. The highest BCUT2D eigenvalue weighted by molar-refractivity contribution is 8.00. The number of ether oxygens (including phenoxy) is 1. The van der Waals surface area contributed by atoms with Crippen LogP contribution < -0.4 is 4.74 Å². The molecule has 1 aromatic carbocycles.